The highest BCUT2D eigenvalue weighted by Crippen LogP contribution is 2.77. The first-order chi connectivity index (χ1) is 13.9. The summed E-state index contributed by atoms with van der Waals surface area (Å²) < 4.78 is 0. The van der Waals surface area contributed by atoms with E-state index in [2.05, 4.69) is 0 Å². The van der Waals surface area contributed by atoms with Crippen molar-refractivity contribution >= 4 is 23.9 Å². The Labute approximate surface area is 175 Å². The molecular formula is C22H32O8. The molecule has 4 fully saturated rings. The van der Waals surface area contributed by atoms with Crippen LogP contribution in [0.2, 0.25) is 0 Å². The van der Waals surface area contributed by atoms with Crippen LogP contribution < -0.4 is 0 Å². The summed E-state index contributed by atoms with van der Waals surface area (Å²) in [5, 5.41) is 37.2. The molecule has 30 heavy (non-hydrogen) atoms. The molecule has 0 radical (unpaired) electrons. The van der Waals surface area contributed by atoms with E-state index in [9.17, 15) is 39.6 Å². The van der Waals surface area contributed by atoms with E-state index in [1.165, 1.54) is 0 Å². The minimum Gasteiger partial charge on any atom is -0.481 e. The fourth-order valence-corrected chi connectivity index (χ4v) is 8.07. The molecular weight excluding hydrogens is 392 g/mol. The molecule has 0 aliphatic heterocycles. The SMILES string of the molecule is O=C(O)CCC12CC3(CCC(=O)O)CC(CCC(=O)O)(C1)CC(CCC(=O)O)(C2)C3. The maximum absolute atomic E-state index is 11.3. The van der Waals surface area contributed by atoms with E-state index in [-0.39, 0.29) is 47.3 Å². The van der Waals surface area contributed by atoms with E-state index in [1.54, 1.807) is 0 Å². The average molecular weight is 424 g/mol. The summed E-state index contributed by atoms with van der Waals surface area (Å²) in [6.45, 7) is 0. The number of hydrogen-bond acceptors (Lipinski definition) is 4. The van der Waals surface area contributed by atoms with Crippen LogP contribution in [0.25, 0.3) is 0 Å². The zero-order valence-corrected chi connectivity index (χ0v) is 17.3. The van der Waals surface area contributed by atoms with Gasteiger partial charge in [0.1, 0.15) is 0 Å². The third kappa shape index (κ3) is 4.78. The lowest BCUT2D eigenvalue weighted by molar-refractivity contribution is -0.214. The van der Waals surface area contributed by atoms with Gasteiger partial charge in [-0.3, -0.25) is 19.2 Å². The predicted molar refractivity (Wildman–Crippen MR) is 105 cm³/mol. The van der Waals surface area contributed by atoms with Gasteiger partial charge in [0, 0.05) is 25.7 Å². The minimum atomic E-state index is -0.871. The van der Waals surface area contributed by atoms with Crippen LogP contribution in [-0.4, -0.2) is 44.3 Å². The summed E-state index contributed by atoms with van der Waals surface area (Å²) in [5.41, 5.74) is -1.10. The molecule has 0 saturated heterocycles. The van der Waals surface area contributed by atoms with Gasteiger partial charge in [0.25, 0.3) is 0 Å². The Morgan fingerprint density at radius 2 is 0.600 bits per heavy atom. The fourth-order valence-electron chi connectivity index (χ4n) is 8.07. The lowest BCUT2D eigenvalue weighted by atomic mass is 9.33. The van der Waals surface area contributed by atoms with E-state index in [4.69, 9.17) is 0 Å². The number of hydrogen-bond donors (Lipinski definition) is 4. The van der Waals surface area contributed by atoms with Gasteiger partial charge in [0.15, 0.2) is 0 Å². The van der Waals surface area contributed by atoms with Crippen molar-refractivity contribution in [2.24, 2.45) is 21.7 Å². The summed E-state index contributed by atoms with van der Waals surface area (Å²) >= 11 is 0. The predicted octanol–water partition coefficient (Wildman–Crippen LogP) is 3.77. The van der Waals surface area contributed by atoms with E-state index >= 15 is 0 Å². The highest BCUT2D eigenvalue weighted by molar-refractivity contribution is 5.68. The molecule has 0 atom stereocenters. The Kier molecular flexibility index (Phi) is 5.91. The van der Waals surface area contributed by atoms with Gasteiger partial charge in [0.2, 0.25) is 0 Å². The van der Waals surface area contributed by atoms with E-state index < -0.39 is 23.9 Å². The lowest BCUT2D eigenvalue weighted by Gasteiger charge is -2.71. The third-order valence-corrected chi connectivity index (χ3v) is 7.98. The van der Waals surface area contributed by atoms with Crippen LogP contribution in [0.15, 0.2) is 0 Å². The summed E-state index contributed by atoms with van der Waals surface area (Å²) in [4.78, 5) is 45.4. The van der Waals surface area contributed by atoms with Crippen LogP contribution >= 0.6 is 0 Å². The Hall–Kier alpha value is -2.12. The van der Waals surface area contributed by atoms with Gasteiger partial charge in [-0.25, -0.2) is 0 Å². The minimum absolute atomic E-state index is 0.0268. The van der Waals surface area contributed by atoms with Crippen LogP contribution in [0.4, 0.5) is 0 Å². The summed E-state index contributed by atoms with van der Waals surface area (Å²) in [6, 6.07) is 0. The standard InChI is InChI=1S/C22H32O8/c23-15(24)1-5-19-9-20(6-2-16(25)26)12-21(10-19,7-3-17(27)28)14-22(11-19,13-20)8-4-18(29)30/h1-14H2,(H,23,24)(H,25,26)(H,27,28)(H,29,30). The second kappa shape index (κ2) is 7.85. The number of carboxylic acids is 4. The molecule has 4 aliphatic carbocycles. The first kappa shape index (κ1) is 22.6. The van der Waals surface area contributed by atoms with Gasteiger partial charge in [0.05, 0.1) is 0 Å². The molecule has 4 N–H and O–H groups in total. The van der Waals surface area contributed by atoms with Crippen molar-refractivity contribution in [1.29, 1.82) is 0 Å². The van der Waals surface area contributed by atoms with Crippen LogP contribution in [-0.2, 0) is 19.2 Å². The van der Waals surface area contributed by atoms with E-state index in [0.29, 0.717) is 25.7 Å². The molecule has 168 valence electrons. The van der Waals surface area contributed by atoms with Crippen molar-refractivity contribution in [2.45, 2.75) is 89.9 Å². The third-order valence-electron chi connectivity index (χ3n) is 7.98. The molecule has 0 unspecified atom stereocenters. The first-order valence-electron chi connectivity index (χ1n) is 10.8. The smallest absolute Gasteiger partial charge is 0.303 e. The van der Waals surface area contributed by atoms with Gasteiger partial charge in [-0.15, -0.1) is 0 Å². The van der Waals surface area contributed by atoms with Crippen molar-refractivity contribution < 1.29 is 39.6 Å². The van der Waals surface area contributed by atoms with Crippen LogP contribution in [0, 0.1) is 21.7 Å². The molecule has 0 aromatic carbocycles. The fraction of sp³-hybridized carbons (Fsp3) is 0.818. The molecule has 0 aromatic heterocycles. The van der Waals surface area contributed by atoms with Gasteiger partial charge in [-0.1, -0.05) is 0 Å². The molecule has 4 aliphatic rings. The zero-order valence-electron chi connectivity index (χ0n) is 17.3. The summed E-state index contributed by atoms with van der Waals surface area (Å²) in [5.74, 6) is -3.48. The van der Waals surface area contributed by atoms with E-state index in [1.807, 2.05) is 0 Å². The molecule has 0 heterocycles. The monoisotopic (exact) mass is 424 g/mol. The Morgan fingerprint density at radius 3 is 0.733 bits per heavy atom. The second-order valence-electron chi connectivity index (χ2n) is 10.6. The molecule has 8 heteroatoms. The van der Waals surface area contributed by atoms with Crippen molar-refractivity contribution in [3.8, 4) is 0 Å². The van der Waals surface area contributed by atoms with Crippen LogP contribution in [0.3, 0.4) is 0 Å². The van der Waals surface area contributed by atoms with Crippen LogP contribution in [0.5, 0.6) is 0 Å². The Morgan fingerprint density at radius 1 is 0.433 bits per heavy atom. The zero-order chi connectivity index (χ0) is 22.2. The largest absolute Gasteiger partial charge is 0.481 e. The van der Waals surface area contributed by atoms with Crippen molar-refractivity contribution in [3.63, 3.8) is 0 Å². The molecule has 4 rings (SSSR count). The normalized spacial score (nSPS) is 36.5. The van der Waals surface area contributed by atoms with Crippen molar-refractivity contribution in [3.05, 3.63) is 0 Å². The topological polar surface area (TPSA) is 149 Å². The molecule has 0 aromatic rings. The van der Waals surface area contributed by atoms with Gasteiger partial charge < -0.3 is 20.4 Å². The highest BCUT2D eigenvalue weighted by Gasteiger charge is 2.67. The Bertz CT molecular complexity index is 582. The molecule has 0 spiro atoms. The number of carboxylic acid groups (broad SMARTS) is 4. The van der Waals surface area contributed by atoms with Crippen molar-refractivity contribution in [1.82, 2.24) is 0 Å². The molecule has 4 bridgehead atoms. The number of aliphatic carboxylic acids is 4. The quantitative estimate of drug-likeness (QED) is 0.370. The lowest BCUT2D eigenvalue weighted by Crippen LogP contribution is -2.61. The van der Waals surface area contributed by atoms with Gasteiger partial charge in [-0.2, -0.15) is 0 Å². The van der Waals surface area contributed by atoms with E-state index in [0.717, 1.165) is 38.5 Å². The first-order valence-corrected chi connectivity index (χ1v) is 10.8. The van der Waals surface area contributed by atoms with Crippen LogP contribution in [0.1, 0.15) is 89.9 Å². The summed E-state index contributed by atoms with van der Waals surface area (Å²) in [7, 11) is 0. The van der Waals surface area contributed by atoms with Gasteiger partial charge in [-0.05, 0) is 85.9 Å². The summed E-state index contributed by atoms with van der Waals surface area (Å²) in [6.07, 6.45) is 6.66. The van der Waals surface area contributed by atoms with Crippen molar-refractivity contribution in [2.75, 3.05) is 0 Å². The number of carbonyl (C=O) groups is 4. The molecule has 0 amide bonds. The van der Waals surface area contributed by atoms with Gasteiger partial charge >= 0.3 is 23.9 Å². The average Bonchev–Trinajstić information content (AvgIpc) is 2.61. The maximum Gasteiger partial charge on any atom is 0.303 e. The second-order valence-corrected chi connectivity index (χ2v) is 10.6. The maximum atomic E-state index is 11.3. The molecule has 8 nitrogen and oxygen atoms in total. The highest BCUT2D eigenvalue weighted by atomic mass is 16.4. The number of rotatable bonds is 12. The Balaban J connectivity index is 1.98. The molecule has 4 saturated carbocycles.